The number of anilines is 1. The molecular formula is C12H15N3. The fourth-order valence-corrected chi connectivity index (χ4v) is 1.70. The van der Waals surface area contributed by atoms with Gasteiger partial charge in [0.05, 0.1) is 5.69 Å². The van der Waals surface area contributed by atoms with Gasteiger partial charge < -0.3 is 5.32 Å². The van der Waals surface area contributed by atoms with Crippen molar-refractivity contribution in [2.45, 2.75) is 6.92 Å². The molecule has 0 aliphatic carbocycles. The predicted octanol–water partition coefficient (Wildman–Crippen LogP) is 2.44. The Hall–Kier alpha value is -1.77. The van der Waals surface area contributed by atoms with Crippen LogP contribution in [-0.4, -0.2) is 16.8 Å². The largest absolute Gasteiger partial charge is 0.388 e. The zero-order chi connectivity index (χ0) is 10.8. The highest BCUT2D eigenvalue weighted by Crippen LogP contribution is 2.23. The Morgan fingerprint density at radius 1 is 1.20 bits per heavy atom. The van der Waals surface area contributed by atoms with Crippen molar-refractivity contribution in [3.8, 4) is 11.1 Å². The minimum Gasteiger partial charge on any atom is -0.388 e. The maximum Gasteiger partial charge on any atom is 0.0671 e. The molecule has 1 heterocycles. The van der Waals surface area contributed by atoms with Gasteiger partial charge in [0.2, 0.25) is 0 Å². The SMILES string of the molecule is CNc1ccc(-c2cn(C)nc2C)cc1. The number of nitrogens with one attached hydrogen (secondary N) is 1. The molecule has 0 unspecified atom stereocenters. The second-order valence-electron chi connectivity index (χ2n) is 3.63. The maximum atomic E-state index is 4.33. The predicted molar refractivity (Wildman–Crippen MR) is 62.9 cm³/mol. The van der Waals surface area contributed by atoms with E-state index >= 15 is 0 Å². The summed E-state index contributed by atoms with van der Waals surface area (Å²) >= 11 is 0. The van der Waals surface area contributed by atoms with Crippen LogP contribution in [0.1, 0.15) is 5.69 Å². The lowest BCUT2D eigenvalue weighted by Crippen LogP contribution is -1.87. The first-order valence-electron chi connectivity index (χ1n) is 4.99. The van der Waals surface area contributed by atoms with E-state index in [1.165, 1.54) is 11.1 Å². The molecule has 2 rings (SSSR count). The van der Waals surface area contributed by atoms with Crippen molar-refractivity contribution in [2.24, 2.45) is 7.05 Å². The van der Waals surface area contributed by atoms with Crippen LogP contribution in [-0.2, 0) is 7.05 Å². The minimum atomic E-state index is 1.06. The Kier molecular flexibility index (Phi) is 2.46. The molecule has 0 fully saturated rings. The van der Waals surface area contributed by atoms with Crippen molar-refractivity contribution in [1.29, 1.82) is 0 Å². The lowest BCUT2D eigenvalue weighted by Gasteiger charge is -2.02. The number of aryl methyl sites for hydroxylation is 2. The van der Waals surface area contributed by atoms with E-state index in [1.807, 2.05) is 31.9 Å². The molecule has 15 heavy (non-hydrogen) atoms. The molecule has 1 aromatic heterocycles. The quantitative estimate of drug-likeness (QED) is 0.808. The van der Waals surface area contributed by atoms with Gasteiger partial charge in [-0.2, -0.15) is 5.10 Å². The third-order valence-corrected chi connectivity index (χ3v) is 2.50. The summed E-state index contributed by atoms with van der Waals surface area (Å²) < 4.78 is 1.84. The Labute approximate surface area is 89.7 Å². The van der Waals surface area contributed by atoms with Crippen LogP contribution in [0.15, 0.2) is 30.5 Å². The third-order valence-electron chi connectivity index (χ3n) is 2.50. The van der Waals surface area contributed by atoms with E-state index < -0.39 is 0 Å². The molecule has 1 aromatic carbocycles. The lowest BCUT2D eigenvalue weighted by atomic mass is 10.1. The summed E-state index contributed by atoms with van der Waals surface area (Å²) in [5, 5.41) is 7.44. The molecule has 78 valence electrons. The van der Waals surface area contributed by atoms with Crippen molar-refractivity contribution in [2.75, 3.05) is 12.4 Å². The van der Waals surface area contributed by atoms with Crippen molar-refractivity contribution in [1.82, 2.24) is 9.78 Å². The Bertz CT molecular complexity index is 454. The molecule has 0 radical (unpaired) electrons. The highest BCUT2D eigenvalue weighted by Gasteiger charge is 2.04. The zero-order valence-electron chi connectivity index (χ0n) is 9.28. The fourth-order valence-electron chi connectivity index (χ4n) is 1.70. The molecule has 2 aromatic rings. The summed E-state index contributed by atoms with van der Waals surface area (Å²) in [6.45, 7) is 2.03. The minimum absolute atomic E-state index is 1.06. The van der Waals surface area contributed by atoms with E-state index in [2.05, 4.69) is 34.7 Å². The van der Waals surface area contributed by atoms with Crippen molar-refractivity contribution in [3.05, 3.63) is 36.2 Å². The van der Waals surface area contributed by atoms with Crippen molar-refractivity contribution in [3.63, 3.8) is 0 Å². The molecule has 0 aliphatic heterocycles. The summed E-state index contributed by atoms with van der Waals surface area (Å²) in [4.78, 5) is 0. The van der Waals surface area contributed by atoms with Crippen molar-refractivity contribution >= 4 is 5.69 Å². The Morgan fingerprint density at radius 3 is 2.33 bits per heavy atom. The second-order valence-corrected chi connectivity index (χ2v) is 3.63. The molecule has 0 amide bonds. The lowest BCUT2D eigenvalue weighted by molar-refractivity contribution is 0.756. The van der Waals surface area contributed by atoms with Gasteiger partial charge in [0, 0.05) is 31.5 Å². The summed E-state index contributed by atoms with van der Waals surface area (Å²) in [7, 11) is 3.86. The van der Waals surface area contributed by atoms with E-state index in [1.54, 1.807) is 0 Å². The number of nitrogens with zero attached hydrogens (tertiary/aromatic N) is 2. The first-order chi connectivity index (χ1) is 7.20. The molecule has 1 N–H and O–H groups in total. The van der Waals surface area contributed by atoms with Gasteiger partial charge in [0.15, 0.2) is 0 Å². The van der Waals surface area contributed by atoms with E-state index in [0.717, 1.165) is 11.4 Å². The van der Waals surface area contributed by atoms with Crippen LogP contribution < -0.4 is 5.32 Å². The van der Waals surface area contributed by atoms with Gasteiger partial charge in [-0.3, -0.25) is 4.68 Å². The maximum absolute atomic E-state index is 4.33. The average Bonchev–Trinajstić information content (AvgIpc) is 2.58. The van der Waals surface area contributed by atoms with Crippen LogP contribution in [0, 0.1) is 6.92 Å². The summed E-state index contributed by atoms with van der Waals surface area (Å²) in [6.07, 6.45) is 2.05. The molecule has 3 nitrogen and oxygen atoms in total. The molecule has 3 heteroatoms. The molecule has 0 saturated heterocycles. The monoisotopic (exact) mass is 201 g/mol. The third kappa shape index (κ3) is 1.86. The molecule has 0 saturated carbocycles. The van der Waals surface area contributed by atoms with Crippen LogP contribution in [0.4, 0.5) is 5.69 Å². The number of hydrogen-bond acceptors (Lipinski definition) is 2. The van der Waals surface area contributed by atoms with Gasteiger partial charge in [-0.05, 0) is 24.6 Å². The molecule has 0 spiro atoms. The first-order valence-corrected chi connectivity index (χ1v) is 4.99. The van der Waals surface area contributed by atoms with E-state index in [9.17, 15) is 0 Å². The number of hydrogen-bond donors (Lipinski definition) is 1. The average molecular weight is 201 g/mol. The standard InChI is InChI=1S/C12H15N3/c1-9-12(8-15(3)14-9)10-4-6-11(13-2)7-5-10/h4-8,13H,1-3H3. The van der Waals surface area contributed by atoms with Crippen LogP contribution >= 0.6 is 0 Å². The molecule has 0 bridgehead atoms. The van der Waals surface area contributed by atoms with Gasteiger partial charge in [0.1, 0.15) is 0 Å². The Balaban J connectivity index is 2.41. The Morgan fingerprint density at radius 2 is 1.87 bits per heavy atom. The first kappa shape index (κ1) is 9.77. The van der Waals surface area contributed by atoms with Gasteiger partial charge >= 0.3 is 0 Å². The van der Waals surface area contributed by atoms with E-state index in [0.29, 0.717) is 0 Å². The second kappa shape index (κ2) is 3.77. The van der Waals surface area contributed by atoms with Gasteiger partial charge in [0.25, 0.3) is 0 Å². The smallest absolute Gasteiger partial charge is 0.0671 e. The summed E-state index contributed by atoms with van der Waals surface area (Å²) in [5.41, 5.74) is 4.59. The van der Waals surface area contributed by atoms with Gasteiger partial charge in [-0.25, -0.2) is 0 Å². The molecular weight excluding hydrogens is 186 g/mol. The molecule has 0 aliphatic rings. The molecule has 0 atom stereocenters. The fraction of sp³-hybridized carbons (Fsp3) is 0.250. The van der Waals surface area contributed by atoms with Crippen LogP contribution in [0.5, 0.6) is 0 Å². The highest BCUT2D eigenvalue weighted by atomic mass is 15.2. The van der Waals surface area contributed by atoms with Gasteiger partial charge in [-0.1, -0.05) is 12.1 Å². The number of aromatic nitrogens is 2. The van der Waals surface area contributed by atoms with Gasteiger partial charge in [-0.15, -0.1) is 0 Å². The van der Waals surface area contributed by atoms with Crippen LogP contribution in [0.2, 0.25) is 0 Å². The van der Waals surface area contributed by atoms with Crippen LogP contribution in [0.25, 0.3) is 11.1 Å². The van der Waals surface area contributed by atoms with Crippen molar-refractivity contribution < 1.29 is 0 Å². The highest BCUT2D eigenvalue weighted by molar-refractivity contribution is 5.67. The summed E-state index contributed by atoms with van der Waals surface area (Å²) in [5.74, 6) is 0. The number of benzene rings is 1. The zero-order valence-corrected chi connectivity index (χ0v) is 9.28. The van der Waals surface area contributed by atoms with E-state index in [4.69, 9.17) is 0 Å². The summed E-state index contributed by atoms with van der Waals surface area (Å²) in [6, 6.07) is 8.36. The normalized spacial score (nSPS) is 10.3. The van der Waals surface area contributed by atoms with E-state index in [-0.39, 0.29) is 0 Å². The topological polar surface area (TPSA) is 29.9 Å². The van der Waals surface area contributed by atoms with Crippen LogP contribution in [0.3, 0.4) is 0 Å². The number of rotatable bonds is 2.